The first-order valence-electron chi connectivity index (χ1n) is 8.53. The van der Waals surface area contributed by atoms with Gasteiger partial charge in [0.1, 0.15) is 36.6 Å². The van der Waals surface area contributed by atoms with Crippen LogP contribution < -0.4 is 63.6 Å². The molecule has 0 bridgehead atoms. The van der Waals surface area contributed by atoms with Crippen LogP contribution >= 0.6 is 54.8 Å². The fraction of sp³-hybridized carbons (Fsp3) is 1.00. The number of phosphoric ester groups is 6. The zero-order valence-electron chi connectivity index (χ0n) is 17.6. The Morgan fingerprint density at radius 3 is 0.625 bits per heavy atom. The molecule has 1 aliphatic rings. The molecular weight excluding hydrogens is 721 g/mol. The van der Waals surface area contributed by atoms with Crippen LogP contribution in [-0.4, -0.2) is 36.6 Å². The minimum Gasteiger partial charge on any atom is -0.790 e. The van der Waals surface area contributed by atoms with Crippen molar-refractivity contribution in [1.29, 1.82) is 0 Å². The Morgan fingerprint density at radius 1 is 0.300 bits per heavy atom. The largest absolute Gasteiger partial charge is 0.790 e. The molecule has 1 rings (SSSR count). The Hall–Kier alpha value is 0.810. The molecule has 34 heteroatoms. The van der Waals surface area contributed by atoms with E-state index < -0.39 is 91.4 Å². The summed E-state index contributed by atoms with van der Waals surface area (Å²) in [5.41, 5.74) is 0. The highest BCUT2D eigenvalue weighted by molar-refractivity contribution is 7.58. The number of hydrogen-bond acceptors (Lipinski definition) is 27. The quantitative estimate of drug-likeness (QED) is 0.150. The van der Waals surface area contributed by atoms with E-state index in [2.05, 4.69) is 31.5 Å². The number of hydrogen-bond donors (Lipinski definition) is 0. The third-order valence-corrected chi connectivity index (χ3v) is 8.26. The van der Waals surface area contributed by atoms with E-state index in [1.807, 2.05) is 0 Å². The van der Waals surface area contributed by atoms with Crippen LogP contribution in [0.4, 0.5) is 0 Å². The van der Waals surface area contributed by atoms with Crippen LogP contribution in [0, 0.1) is 0 Å². The van der Waals surface area contributed by atoms with Crippen LogP contribution in [0.3, 0.4) is 0 Å². The Morgan fingerprint density at radius 2 is 0.475 bits per heavy atom. The van der Waals surface area contributed by atoms with Crippen molar-refractivity contribution in [3.63, 3.8) is 0 Å². The minimum absolute atomic E-state index is 2.91. The summed E-state index contributed by atoms with van der Waals surface area (Å²) in [6, 6.07) is 0. The summed E-state index contributed by atoms with van der Waals surface area (Å²) < 4.78 is 103. The number of phosphoric acid groups is 7. The monoisotopic (exact) mass is 727 g/mol. The third kappa shape index (κ3) is 15.0. The molecule has 0 amide bonds. The molecular formula is C6H6O27P7-13. The maximum absolute atomic E-state index is 11.9. The third-order valence-electron chi connectivity index (χ3n) is 3.65. The maximum Gasteiger partial charge on any atom is 0.272 e. The lowest BCUT2D eigenvalue weighted by Crippen LogP contribution is -2.68. The summed E-state index contributed by atoms with van der Waals surface area (Å²) in [5, 5.41) is 0. The van der Waals surface area contributed by atoms with Gasteiger partial charge in [0.05, 0.1) is 46.9 Å². The van der Waals surface area contributed by atoms with Gasteiger partial charge in [0.15, 0.2) is 0 Å². The second-order valence-corrected chi connectivity index (χ2v) is 14.8. The molecule has 3 unspecified atom stereocenters. The van der Waals surface area contributed by atoms with E-state index in [1.165, 1.54) is 0 Å². The topological polar surface area (TPSA) is 484 Å². The molecule has 0 N–H and O–H groups in total. The molecule has 7 atom stereocenters. The van der Waals surface area contributed by atoms with Crippen molar-refractivity contribution in [2.45, 2.75) is 36.6 Å². The highest BCUT2D eigenvalue weighted by atomic mass is 31.3. The van der Waals surface area contributed by atoms with Gasteiger partial charge in [-0.05, 0) is 0 Å². The highest BCUT2D eigenvalue weighted by Crippen LogP contribution is 2.56. The smallest absolute Gasteiger partial charge is 0.272 e. The highest BCUT2D eigenvalue weighted by Gasteiger charge is 2.57. The lowest BCUT2D eigenvalue weighted by atomic mass is 9.85. The van der Waals surface area contributed by atoms with Gasteiger partial charge in [-0.25, -0.2) is 0 Å². The van der Waals surface area contributed by atoms with Crippen molar-refractivity contribution >= 4 is 54.8 Å². The Kier molecular flexibility index (Phi) is 12.7. The summed E-state index contributed by atoms with van der Waals surface area (Å²) in [4.78, 5) is 145. The molecule has 0 aliphatic heterocycles. The summed E-state index contributed by atoms with van der Waals surface area (Å²) in [5.74, 6) is 0. The van der Waals surface area contributed by atoms with Gasteiger partial charge >= 0.3 is 0 Å². The van der Waals surface area contributed by atoms with E-state index in [1.54, 1.807) is 0 Å². The average molecular weight is 727 g/mol. The van der Waals surface area contributed by atoms with Crippen molar-refractivity contribution in [3.05, 3.63) is 0 Å². The minimum atomic E-state index is -6.97. The van der Waals surface area contributed by atoms with Gasteiger partial charge in [0, 0.05) is 0 Å². The van der Waals surface area contributed by atoms with Gasteiger partial charge in [0.2, 0.25) is 0 Å². The predicted molar refractivity (Wildman–Crippen MR) is 83.6 cm³/mol. The van der Waals surface area contributed by atoms with Crippen LogP contribution in [0.25, 0.3) is 0 Å². The van der Waals surface area contributed by atoms with Crippen LogP contribution in [0.5, 0.6) is 0 Å². The van der Waals surface area contributed by atoms with Gasteiger partial charge in [0.25, 0.3) is 7.82 Å². The second kappa shape index (κ2) is 13.0. The van der Waals surface area contributed by atoms with Crippen LogP contribution in [-0.2, 0) is 63.4 Å². The molecule has 0 saturated heterocycles. The fourth-order valence-electron chi connectivity index (χ4n) is 2.88. The van der Waals surface area contributed by atoms with Gasteiger partial charge in [-0.3, -0.25) is 8.88 Å². The van der Waals surface area contributed by atoms with Gasteiger partial charge in [-0.2, -0.15) is 0 Å². The molecule has 27 nitrogen and oxygen atoms in total. The Balaban J connectivity index is 4.13. The standard InChI is InChI=1S/C6H19O27P7/c7-34(8,9)27-1-2(28-35(10,11)12)4(30-37(16,17)18)6(32-40(25,26)33-39(22,23)24)5(31-38(19,20)21)3(1)29-36(13,14)15/h1-6H,(H,25,26)(H2,7,8,9)(H2,10,11,12)(H2,13,14,15)(H2,16,17,18)(H2,19,20,21)(H2,22,23,24)/p-13/t1?,2-,3+,4+,5-,6?. The van der Waals surface area contributed by atoms with E-state index in [0.717, 1.165) is 0 Å². The van der Waals surface area contributed by atoms with Gasteiger partial charge in [-0.1, -0.05) is 0 Å². The van der Waals surface area contributed by atoms with Crippen LogP contribution in [0.1, 0.15) is 0 Å². The van der Waals surface area contributed by atoms with Crippen molar-refractivity contribution in [1.82, 2.24) is 0 Å². The maximum atomic E-state index is 11.9. The first-order valence-corrected chi connectivity index (χ1v) is 18.8. The molecule has 1 fully saturated rings. The Bertz CT molecular complexity index is 1160. The molecule has 240 valence electrons. The molecule has 0 aromatic heterocycles. The lowest BCUT2D eigenvalue weighted by molar-refractivity contribution is -0.385. The van der Waals surface area contributed by atoms with Crippen molar-refractivity contribution in [3.8, 4) is 0 Å². The SMILES string of the molecule is O=P([O-])([O-])OC1[C@@H](OP(=O)([O-])[O-])[C@H](OP(=O)([O-])[O-])C(OP(=O)([O-])OP(=O)([O-])[O-])[C@H](OP(=O)([O-])[O-])[C@H]1OP(=O)([O-])[O-]. The lowest BCUT2D eigenvalue weighted by Gasteiger charge is -2.56. The van der Waals surface area contributed by atoms with E-state index in [9.17, 15) is 95.6 Å². The zero-order valence-corrected chi connectivity index (χ0v) is 23.9. The summed E-state index contributed by atoms with van der Waals surface area (Å²) >= 11 is 0. The zero-order chi connectivity index (χ0) is 31.9. The normalized spacial score (nSPS) is 29.2. The molecule has 0 aromatic rings. The van der Waals surface area contributed by atoms with E-state index >= 15 is 0 Å². The summed E-state index contributed by atoms with van der Waals surface area (Å²) in [7, 11) is -47.8. The first kappa shape index (κ1) is 38.8. The molecule has 1 saturated carbocycles. The molecule has 0 aromatic carbocycles. The number of rotatable bonds is 14. The molecule has 40 heavy (non-hydrogen) atoms. The van der Waals surface area contributed by atoms with Gasteiger partial charge in [-0.15, -0.1) is 0 Å². The molecule has 1 aliphatic carbocycles. The van der Waals surface area contributed by atoms with Crippen molar-refractivity contribution in [2.75, 3.05) is 0 Å². The van der Waals surface area contributed by atoms with Crippen LogP contribution in [0.15, 0.2) is 0 Å². The van der Waals surface area contributed by atoms with Crippen LogP contribution in [0.2, 0.25) is 0 Å². The fourth-order valence-corrected chi connectivity index (χ4v) is 7.24. The van der Waals surface area contributed by atoms with E-state index in [4.69, 9.17) is 0 Å². The first-order chi connectivity index (χ1) is 17.3. The molecule has 0 spiro atoms. The second-order valence-electron chi connectivity index (χ2n) is 6.63. The van der Waals surface area contributed by atoms with E-state index in [-0.39, 0.29) is 0 Å². The van der Waals surface area contributed by atoms with Crippen molar-refractivity contribution in [2.24, 2.45) is 0 Å². The van der Waals surface area contributed by atoms with Crippen molar-refractivity contribution < 1.29 is 127 Å². The average Bonchev–Trinajstić information content (AvgIpc) is 2.57. The summed E-state index contributed by atoms with van der Waals surface area (Å²) in [6.07, 6.45) is -22.5. The summed E-state index contributed by atoms with van der Waals surface area (Å²) in [6.45, 7) is 0. The molecule has 0 radical (unpaired) electrons. The van der Waals surface area contributed by atoms with Gasteiger partial charge < -0.3 is 118 Å². The van der Waals surface area contributed by atoms with E-state index in [0.29, 0.717) is 0 Å². The Labute approximate surface area is 219 Å². The predicted octanol–water partition coefficient (Wildman–Crippen LogP) is -11.2. The molecule has 0 heterocycles.